The van der Waals surface area contributed by atoms with Crippen molar-refractivity contribution in [2.75, 3.05) is 0 Å². The molecule has 4 heteroatoms. The van der Waals surface area contributed by atoms with Gasteiger partial charge in [-0.05, 0) is 19.1 Å². The summed E-state index contributed by atoms with van der Waals surface area (Å²) >= 11 is 14.8. The molecule has 0 spiro atoms. The summed E-state index contributed by atoms with van der Waals surface area (Å²) in [5.74, 6) is -0.442. The fourth-order valence-corrected chi connectivity index (χ4v) is 2.34. The van der Waals surface area contributed by atoms with E-state index in [1.165, 1.54) is 12.1 Å². The smallest absolute Gasteiger partial charge is 0.142 e. The van der Waals surface area contributed by atoms with Crippen molar-refractivity contribution in [3.63, 3.8) is 0 Å². The van der Waals surface area contributed by atoms with E-state index in [4.69, 9.17) is 23.2 Å². The maximum atomic E-state index is 12.9. The molecule has 0 aliphatic carbocycles. The maximum absolute atomic E-state index is 12.9. The number of hydrogen-bond acceptors (Lipinski definition) is 0. The van der Waals surface area contributed by atoms with Crippen LogP contribution in [0.4, 0.5) is 4.39 Å². The van der Waals surface area contributed by atoms with E-state index >= 15 is 0 Å². The summed E-state index contributed by atoms with van der Waals surface area (Å²) in [5, 5.41) is 0.567. The predicted molar refractivity (Wildman–Crippen MR) is 53.8 cm³/mol. The molecule has 1 aromatic carbocycles. The van der Waals surface area contributed by atoms with Gasteiger partial charge in [0.2, 0.25) is 0 Å². The Kier molecular flexibility index (Phi) is 3.38. The van der Waals surface area contributed by atoms with Gasteiger partial charge in [0.25, 0.3) is 0 Å². The standard InChI is InChI=1S/C8H6BrCl2F/c1-4(9)7-5(10)2-3-6(12)8(7)11/h2-4H,1H3. The molecule has 1 atom stereocenters. The molecule has 0 saturated carbocycles. The maximum Gasteiger partial charge on any atom is 0.142 e. The molecule has 0 saturated heterocycles. The van der Waals surface area contributed by atoms with Crippen molar-refractivity contribution in [1.82, 2.24) is 0 Å². The van der Waals surface area contributed by atoms with Crippen LogP contribution in [0.3, 0.4) is 0 Å². The average molecular weight is 272 g/mol. The van der Waals surface area contributed by atoms with Crippen LogP contribution >= 0.6 is 39.1 Å². The van der Waals surface area contributed by atoms with Gasteiger partial charge in [-0.15, -0.1) is 0 Å². The van der Waals surface area contributed by atoms with Gasteiger partial charge in [-0.3, -0.25) is 0 Å². The monoisotopic (exact) mass is 270 g/mol. The molecule has 1 aromatic rings. The second-order valence-corrected chi connectivity index (χ2v) is 4.53. The number of halogens is 4. The molecule has 0 amide bonds. The SMILES string of the molecule is CC(Br)c1c(Cl)ccc(F)c1Cl. The Morgan fingerprint density at radius 2 is 2.00 bits per heavy atom. The Balaban J connectivity index is 3.33. The highest BCUT2D eigenvalue weighted by atomic mass is 79.9. The molecule has 0 aliphatic heterocycles. The molecule has 0 fully saturated rings. The zero-order chi connectivity index (χ0) is 9.30. The second kappa shape index (κ2) is 3.95. The first-order valence-electron chi connectivity index (χ1n) is 3.31. The Morgan fingerprint density at radius 3 is 2.42 bits per heavy atom. The Labute approximate surface area is 88.8 Å². The number of alkyl halides is 1. The van der Waals surface area contributed by atoms with Crippen LogP contribution in [-0.4, -0.2) is 0 Å². The number of benzene rings is 1. The van der Waals surface area contributed by atoms with Gasteiger partial charge in [0, 0.05) is 15.4 Å². The molecule has 1 unspecified atom stereocenters. The van der Waals surface area contributed by atoms with Gasteiger partial charge < -0.3 is 0 Å². The van der Waals surface area contributed by atoms with Gasteiger partial charge in [0.1, 0.15) is 5.82 Å². The Morgan fingerprint density at radius 1 is 1.42 bits per heavy atom. The normalized spacial score (nSPS) is 13.1. The molecule has 0 N–H and O–H groups in total. The van der Waals surface area contributed by atoms with Crippen LogP contribution in [0.1, 0.15) is 17.3 Å². The van der Waals surface area contributed by atoms with Gasteiger partial charge in [-0.2, -0.15) is 0 Å². The molecular weight excluding hydrogens is 266 g/mol. The van der Waals surface area contributed by atoms with E-state index in [2.05, 4.69) is 15.9 Å². The summed E-state index contributed by atoms with van der Waals surface area (Å²) in [7, 11) is 0. The molecule has 66 valence electrons. The van der Waals surface area contributed by atoms with Crippen LogP contribution in [0.15, 0.2) is 12.1 Å². The first-order valence-corrected chi connectivity index (χ1v) is 4.98. The zero-order valence-corrected chi connectivity index (χ0v) is 9.34. The fourth-order valence-electron chi connectivity index (χ4n) is 0.907. The molecule has 0 aliphatic rings. The summed E-state index contributed by atoms with van der Waals surface area (Å²) in [6.45, 7) is 1.84. The van der Waals surface area contributed by atoms with Crippen LogP contribution < -0.4 is 0 Å². The summed E-state index contributed by atoms with van der Waals surface area (Å²) in [4.78, 5) is -0.0480. The molecule has 1 rings (SSSR count). The third-order valence-electron chi connectivity index (χ3n) is 1.48. The van der Waals surface area contributed by atoms with Gasteiger partial charge in [-0.25, -0.2) is 4.39 Å². The van der Waals surface area contributed by atoms with Crippen molar-refractivity contribution in [2.45, 2.75) is 11.8 Å². The third kappa shape index (κ3) is 1.93. The first kappa shape index (κ1) is 10.3. The largest absolute Gasteiger partial charge is 0.205 e. The van der Waals surface area contributed by atoms with E-state index in [0.29, 0.717) is 10.6 Å². The fraction of sp³-hybridized carbons (Fsp3) is 0.250. The summed E-state index contributed by atoms with van der Waals surface area (Å²) in [6, 6.07) is 2.75. The van der Waals surface area contributed by atoms with Crippen LogP contribution in [-0.2, 0) is 0 Å². The van der Waals surface area contributed by atoms with E-state index in [9.17, 15) is 4.39 Å². The quantitative estimate of drug-likeness (QED) is 0.518. The third-order valence-corrected chi connectivity index (χ3v) is 2.65. The topological polar surface area (TPSA) is 0 Å². The van der Waals surface area contributed by atoms with Crippen LogP contribution in [0.5, 0.6) is 0 Å². The lowest BCUT2D eigenvalue weighted by molar-refractivity contribution is 0.626. The van der Waals surface area contributed by atoms with Crippen LogP contribution in [0.2, 0.25) is 10.0 Å². The van der Waals surface area contributed by atoms with Crippen molar-refractivity contribution < 1.29 is 4.39 Å². The van der Waals surface area contributed by atoms with Crippen molar-refractivity contribution in [3.05, 3.63) is 33.6 Å². The second-order valence-electron chi connectivity index (χ2n) is 2.37. The highest BCUT2D eigenvalue weighted by Gasteiger charge is 2.14. The number of rotatable bonds is 1. The molecule has 0 nitrogen and oxygen atoms in total. The van der Waals surface area contributed by atoms with Gasteiger partial charge >= 0.3 is 0 Å². The van der Waals surface area contributed by atoms with E-state index < -0.39 is 5.82 Å². The molecular formula is C8H6BrCl2F. The Bertz CT molecular complexity index is 299. The lowest BCUT2D eigenvalue weighted by Crippen LogP contribution is -1.90. The van der Waals surface area contributed by atoms with E-state index in [1.807, 2.05) is 6.92 Å². The van der Waals surface area contributed by atoms with Crippen LogP contribution in [0.25, 0.3) is 0 Å². The van der Waals surface area contributed by atoms with Crippen molar-refractivity contribution in [3.8, 4) is 0 Å². The van der Waals surface area contributed by atoms with Crippen molar-refractivity contribution >= 4 is 39.1 Å². The predicted octanol–water partition coefficient (Wildman–Crippen LogP) is 4.59. The lowest BCUT2D eigenvalue weighted by atomic mass is 10.1. The minimum Gasteiger partial charge on any atom is -0.205 e. The zero-order valence-electron chi connectivity index (χ0n) is 6.24. The summed E-state index contributed by atoms with van der Waals surface area (Å²) in [6.07, 6.45) is 0. The highest BCUT2D eigenvalue weighted by molar-refractivity contribution is 9.09. The molecule has 12 heavy (non-hydrogen) atoms. The minimum atomic E-state index is -0.442. The van der Waals surface area contributed by atoms with Gasteiger partial charge in [-0.1, -0.05) is 39.1 Å². The minimum absolute atomic E-state index is 0.0480. The van der Waals surface area contributed by atoms with E-state index in [1.54, 1.807) is 0 Å². The Hall–Kier alpha value is 0.210. The lowest BCUT2D eigenvalue weighted by Gasteiger charge is -2.09. The van der Waals surface area contributed by atoms with Gasteiger partial charge in [0.15, 0.2) is 0 Å². The molecule has 0 bridgehead atoms. The first-order chi connectivity index (χ1) is 5.54. The van der Waals surface area contributed by atoms with Crippen molar-refractivity contribution in [2.24, 2.45) is 0 Å². The van der Waals surface area contributed by atoms with Crippen LogP contribution in [0, 0.1) is 5.82 Å². The van der Waals surface area contributed by atoms with E-state index in [-0.39, 0.29) is 9.85 Å². The molecule has 0 aromatic heterocycles. The highest BCUT2D eigenvalue weighted by Crippen LogP contribution is 2.36. The van der Waals surface area contributed by atoms with Crippen molar-refractivity contribution in [1.29, 1.82) is 0 Å². The summed E-state index contributed by atoms with van der Waals surface area (Å²) in [5.41, 5.74) is 0.596. The van der Waals surface area contributed by atoms with E-state index in [0.717, 1.165) is 0 Å². The average Bonchev–Trinajstić information content (AvgIpc) is 1.97. The van der Waals surface area contributed by atoms with Gasteiger partial charge in [0.05, 0.1) is 5.02 Å². The number of hydrogen-bond donors (Lipinski definition) is 0. The molecule has 0 heterocycles. The molecule has 0 radical (unpaired) electrons. The summed E-state index contributed by atoms with van der Waals surface area (Å²) < 4.78 is 12.9.